The Morgan fingerprint density at radius 1 is 1.15 bits per heavy atom. The number of hydrogen-bond donors (Lipinski definition) is 2. The molecule has 4 nitrogen and oxygen atoms in total. The Kier molecular flexibility index (Phi) is 5.52. The first-order chi connectivity index (χ1) is 12.6. The first kappa shape index (κ1) is 18.3. The number of rotatable bonds is 6. The van der Waals surface area contributed by atoms with Crippen LogP contribution in [0.1, 0.15) is 38.2 Å². The van der Waals surface area contributed by atoms with Crippen molar-refractivity contribution in [2.75, 3.05) is 12.4 Å². The third-order valence-electron chi connectivity index (χ3n) is 4.74. The van der Waals surface area contributed by atoms with Gasteiger partial charge in [0.05, 0.1) is 24.5 Å². The molecule has 0 saturated carbocycles. The van der Waals surface area contributed by atoms with Crippen molar-refractivity contribution in [1.82, 2.24) is 4.98 Å². The summed E-state index contributed by atoms with van der Waals surface area (Å²) in [5.41, 5.74) is 3.68. The summed E-state index contributed by atoms with van der Waals surface area (Å²) in [6, 6.07) is 11.1. The quantitative estimate of drug-likeness (QED) is 0.503. The van der Waals surface area contributed by atoms with Gasteiger partial charge in [-0.15, -0.1) is 0 Å². The average Bonchev–Trinajstić information content (AvgIpc) is 2.64. The fourth-order valence-electron chi connectivity index (χ4n) is 3.30. The zero-order valence-electron chi connectivity index (χ0n) is 15.2. The molecule has 26 heavy (non-hydrogen) atoms. The normalized spacial score (nSPS) is 11.1. The van der Waals surface area contributed by atoms with E-state index in [1.165, 1.54) is 0 Å². The fourth-order valence-corrected chi connectivity index (χ4v) is 3.46. The van der Waals surface area contributed by atoms with Crippen LogP contribution in [0.25, 0.3) is 10.9 Å². The van der Waals surface area contributed by atoms with Crippen LogP contribution in [0, 0.1) is 0 Å². The number of anilines is 2. The van der Waals surface area contributed by atoms with E-state index in [0.29, 0.717) is 16.7 Å². The Hall–Kier alpha value is -2.46. The van der Waals surface area contributed by atoms with Gasteiger partial charge in [-0.3, -0.25) is 4.98 Å². The SMILES string of the molecule is CCC(CC)c1cc(O)ccc1Nc1c(OC)cnc2cc(Cl)ccc12. The second kappa shape index (κ2) is 7.83. The van der Waals surface area contributed by atoms with Crippen molar-refractivity contribution in [3.05, 3.63) is 53.2 Å². The van der Waals surface area contributed by atoms with Crippen LogP contribution in [-0.4, -0.2) is 17.2 Å². The number of hydrogen-bond acceptors (Lipinski definition) is 4. The molecule has 0 unspecified atom stereocenters. The van der Waals surface area contributed by atoms with Gasteiger partial charge in [0.1, 0.15) is 5.75 Å². The number of halogens is 1. The third-order valence-corrected chi connectivity index (χ3v) is 4.97. The van der Waals surface area contributed by atoms with E-state index < -0.39 is 0 Å². The van der Waals surface area contributed by atoms with Crippen LogP contribution in [0.3, 0.4) is 0 Å². The molecule has 0 spiro atoms. The highest BCUT2D eigenvalue weighted by atomic mass is 35.5. The van der Waals surface area contributed by atoms with Gasteiger partial charge < -0.3 is 15.2 Å². The van der Waals surface area contributed by atoms with Crippen LogP contribution in [-0.2, 0) is 0 Å². The van der Waals surface area contributed by atoms with Crippen molar-refractivity contribution in [3.8, 4) is 11.5 Å². The molecule has 0 atom stereocenters. The van der Waals surface area contributed by atoms with E-state index in [9.17, 15) is 5.11 Å². The van der Waals surface area contributed by atoms with Gasteiger partial charge in [-0.05, 0) is 60.7 Å². The van der Waals surface area contributed by atoms with Crippen LogP contribution in [0.2, 0.25) is 5.02 Å². The topological polar surface area (TPSA) is 54.4 Å². The van der Waals surface area contributed by atoms with E-state index in [1.807, 2.05) is 30.3 Å². The molecule has 2 aromatic carbocycles. The van der Waals surface area contributed by atoms with E-state index in [4.69, 9.17) is 16.3 Å². The highest BCUT2D eigenvalue weighted by Gasteiger charge is 2.16. The minimum Gasteiger partial charge on any atom is -0.508 e. The van der Waals surface area contributed by atoms with Crippen LogP contribution < -0.4 is 10.1 Å². The Morgan fingerprint density at radius 2 is 1.92 bits per heavy atom. The molecular formula is C21H23ClN2O2. The number of fused-ring (bicyclic) bond motifs is 1. The van der Waals surface area contributed by atoms with Crippen LogP contribution in [0.4, 0.5) is 11.4 Å². The first-order valence-corrected chi connectivity index (χ1v) is 9.17. The summed E-state index contributed by atoms with van der Waals surface area (Å²) in [4.78, 5) is 4.43. The van der Waals surface area contributed by atoms with E-state index in [0.717, 1.165) is 40.7 Å². The number of nitrogens with one attached hydrogen (secondary N) is 1. The van der Waals surface area contributed by atoms with Crippen molar-refractivity contribution >= 4 is 33.9 Å². The Morgan fingerprint density at radius 3 is 2.62 bits per heavy atom. The lowest BCUT2D eigenvalue weighted by Crippen LogP contribution is -2.03. The molecule has 3 rings (SSSR count). The predicted molar refractivity (Wildman–Crippen MR) is 108 cm³/mol. The molecule has 0 saturated heterocycles. The molecule has 2 N–H and O–H groups in total. The third kappa shape index (κ3) is 3.56. The molecule has 0 radical (unpaired) electrons. The maximum absolute atomic E-state index is 9.97. The first-order valence-electron chi connectivity index (χ1n) is 8.79. The molecule has 0 fully saturated rings. The molecule has 5 heteroatoms. The van der Waals surface area contributed by atoms with Crippen molar-refractivity contribution in [3.63, 3.8) is 0 Å². The van der Waals surface area contributed by atoms with Gasteiger partial charge >= 0.3 is 0 Å². The lowest BCUT2D eigenvalue weighted by molar-refractivity contribution is 0.415. The molecule has 0 aliphatic carbocycles. The van der Waals surface area contributed by atoms with Crippen molar-refractivity contribution in [2.24, 2.45) is 0 Å². The van der Waals surface area contributed by atoms with Crippen LogP contribution >= 0.6 is 11.6 Å². The molecule has 1 heterocycles. The number of ether oxygens (including phenoxy) is 1. The Balaban J connectivity index is 2.14. The summed E-state index contributed by atoms with van der Waals surface area (Å²) >= 11 is 6.11. The predicted octanol–water partition coefficient (Wildman–Crippen LogP) is 6.25. The second-order valence-electron chi connectivity index (χ2n) is 6.27. The number of benzene rings is 2. The van der Waals surface area contributed by atoms with Gasteiger partial charge in [-0.25, -0.2) is 0 Å². The van der Waals surface area contributed by atoms with Gasteiger partial charge in [0.2, 0.25) is 0 Å². The Bertz CT molecular complexity index is 923. The van der Waals surface area contributed by atoms with E-state index in [-0.39, 0.29) is 5.75 Å². The second-order valence-corrected chi connectivity index (χ2v) is 6.71. The number of aromatic hydroxyl groups is 1. The number of methoxy groups -OCH3 is 1. The molecule has 0 aliphatic heterocycles. The fraction of sp³-hybridized carbons (Fsp3) is 0.286. The van der Waals surface area contributed by atoms with Crippen molar-refractivity contribution < 1.29 is 9.84 Å². The van der Waals surface area contributed by atoms with Crippen LogP contribution in [0.15, 0.2) is 42.6 Å². The number of phenols is 1. The average molecular weight is 371 g/mol. The zero-order chi connectivity index (χ0) is 18.7. The summed E-state index contributed by atoms with van der Waals surface area (Å²) < 4.78 is 5.53. The molecule has 0 amide bonds. The van der Waals surface area contributed by atoms with E-state index in [2.05, 4.69) is 24.1 Å². The van der Waals surface area contributed by atoms with Gasteiger partial charge in [0, 0.05) is 16.1 Å². The van der Waals surface area contributed by atoms with Gasteiger partial charge in [-0.1, -0.05) is 25.4 Å². The number of pyridine rings is 1. The standard InChI is InChI=1S/C21H23ClN2O2/c1-4-13(5-2)17-11-15(25)7-9-18(17)24-21-16-8-6-14(22)10-19(16)23-12-20(21)26-3/h6-13,25H,4-5H2,1-3H3,(H,23,24). The van der Waals surface area contributed by atoms with E-state index >= 15 is 0 Å². The van der Waals surface area contributed by atoms with E-state index in [1.54, 1.807) is 19.4 Å². The number of phenolic OH excluding ortho intramolecular Hbond substituents is 1. The largest absolute Gasteiger partial charge is 0.508 e. The lowest BCUT2D eigenvalue weighted by atomic mass is 9.92. The van der Waals surface area contributed by atoms with Gasteiger partial charge in [-0.2, -0.15) is 0 Å². The molecule has 0 bridgehead atoms. The molecule has 136 valence electrons. The van der Waals surface area contributed by atoms with Crippen LogP contribution in [0.5, 0.6) is 11.5 Å². The molecule has 1 aromatic heterocycles. The van der Waals surface area contributed by atoms with Crippen molar-refractivity contribution in [1.29, 1.82) is 0 Å². The highest BCUT2D eigenvalue weighted by molar-refractivity contribution is 6.31. The zero-order valence-corrected chi connectivity index (χ0v) is 16.0. The summed E-state index contributed by atoms with van der Waals surface area (Å²) in [7, 11) is 1.63. The minimum absolute atomic E-state index is 0.274. The summed E-state index contributed by atoms with van der Waals surface area (Å²) in [5.74, 6) is 1.29. The summed E-state index contributed by atoms with van der Waals surface area (Å²) in [6.07, 6.45) is 3.69. The monoisotopic (exact) mass is 370 g/mol. The Labute approximate surface area is 158 Å². The van der Waals surface area contributed by atoms with Gasteiger partial charge in [0.15, 0.2) is 5.75 Å². The number of nitrogens with zero attached hydrogens (tertiary/aromatic N) is 1. The molecule has 3 aromatic rings. The summed E-state index contributed by atoms with van der Waals surface area (Å²) in [5, 5.41) is 15.1. The van der Waals surface area contributed by atoms with Gasteiger partial charge in [0.25, 0.3) is 0 Å². The van der Waals surface area contributed by atoms with Crippen molar-refractivity contribution in [2.45, 2.75) is 32.6 Å². The minimum atomic E-state index is 0.274. The molecular weight excluding hydrogens is 348 g/mol. The maximum Gasteiger partial charge on any atom is 0.161 e. The maximum atomic E-state index is 9.97. The summed E-state index contributed by atoms with van der Waals surface area (Å²) in [6.45, 7) is 4.32. The lowest BCUT2D eigenvalue weighted by Gasteiger charge is -2.21. The highest BCUT2D eigenvalue weighted by Crippen LogP contribution is 2.39. The smallest absolute Gasteiger partial charge is 0.161 e. The molecule has 0 aliphatic rings. The number of aromatic nitrogens is 1.